The number of aromatic nitrogens is 2. The van der Waals surface area contributed by atoms with Crippen LogP contribution < -0.4 is 5.73 Å². The molecule has 0 bridgehead atoms. The predicted molar refractivity (Wildman–Crippen MR) is 73.8 cm³/mol. The van der Waals surface area contributed by atoms with E-state index < -0.39 is 11.9 Å². The molecule has 106 valence electrons. The number of aryl methyl sites for hydroxylation is 1. The van der Waals surface area contributed by atoms with Crippen LogP contribution in [0.5, 0.6) is 0 Å². The van der Waals surface area contributed by atoms with Crippen molar-refractivity contribution in [2.24, 2.45) is 5.73 Å². The molecule has 1 aromatic carbocycles. The number of hydrogen-bond donors (Lipinski definition) is 1. The molecule has 0 aliphatic rings. The SMILES string of the molecule is CCc1ccccc1-n1ncc(C(N)=S)c1C(F)(F)F. The second-order valence-electron chi connectivity index (χ2n) is 4.16. The lowest BCUT2D eigenvalue weighted by Crippen LogP contribution is -2.20. The summed E-state index contributed by atoms with van der Waals surface area (Å²) in [6.07, 6.45) is -2.94. The summed E-state index contributed by atoms with van der Waals surface area (Å²) >= 11 is 4.67. The zero-order chi connectivity index (χ0) is 14.9. The minimum atomic E-state index is -4.59. The van der Waals surface area contributed by atoms with Crippen molar-refractivity contribution >= 4 is 17.2 Å². The Kier molecular flexibility index (Phi) is 3.80. The van der Waals surface area contributed by atoms with Gasteiger partial charge in [-0.25, -0.2) is 4.68 Å². The molecular weight excluding hydrogens is 287 g/mol. The smallest absolute Gasteiger partial charge is 0.389 e. The second kappa shape index (κ2) is 5.24. The number of nitrogens with two attached hydrogens (primary N) is 1. The van der Waals surface area contributed by atoms with Gasteiger partial charge in [0.15, 0.2) is 5.69 Å². The van der Waals surface area contributed by atoms with Crippen LogP contribution in [-0.4, -0.2) is 14.8 Å². The molecule has 2 rings (SSSR count). The van der Waals surface area contributed by atoms with Crippen molar-refractivity contribution in [1.29, 1.82) is 0 Å². The van der Waals surface area contributed by atoms with Crippen LogP contribution in [0.15, 0.2) is 30.5 Å². The summed E-state index contributed by atoms with van der Waals surface area (Å²) in [5.41, 5.74) is 5.29. The largest absolute Gasteiger partial charge is 0.434 e. The standard InChI is InChI=1S/C13H12F3N3S/c1-2-8-5-3-4-6-10(8)19-11(13(14,15)16)9(7-18-19)12(17)20/h3-7H,2H2,1H3,(H2,17,20). The van der Waals surface area contributed by atoms with Gasteiger partial charge in [-0.05, 0) is 18.1 Å². The van der Waals surface area contributed by atoms with E-state index in [1.807, 2.05) is 6.92 Å². The summed E-state index contributed by atoms with van der Waals surface area (Å²) in [4.78, 5) is -0.322. The molecule has 20 heavy (non-hydrogen) atoms. The van der Waals surface area contributed by atoms with Gasteiger partial charge in [0.05, 0.1) is 17.4 Å². The summed E-state index contributed by atoms with van der Waals surface area (Å²) in [6, 6.07) is 6.78. The van der Waals surface area contributed by atoms with E-state index in [4.69, 9.17) is 5.73 Å². The fraction of sp³-hybridized carbons (Fsp3) is 0.231. The summed E-state index contributed by atoms with van der Waals surface area (Å²) in [7, 11) is 0. The van der Waals surface area contributed by atoms with E-state index >= 15 is 0 Å². The van der Waals surface area contributed by atoms with Crippen molar-refractivity contribution < 1.29 is 13.2 Å². The van der Waals surface area contributed by atoms with E-state index in [9.17, 15) is 13.2 Å². The fourth-order valence-corrected chi connectivity index (χ4v) is 2.15. The van der Waals surface area contributed by atoms with Crippen LogP contribution in [0.2, 0.25) is 0 Å². The highest BCUT2D eigenvalue weighted by Gasteiger charge is 2.39. The minimum absolute atomic E-state index is 0.265. The topological polar surface area (TPSA) is 43.8 Å². The average Bonchev–Trinajstić information content (AvgIpc) is 2.83. The zero-order valence-corrected chi connectivity index (χ0v) is 11.4. The van der Waals surface area contributed by atoms with Crippen molar-refractivity contribution in [3.05, 3.63) is 47.3 Å². The number of alkyl halides is 3. The quantitative estimate of drug-likeness (QED) is 0.886. The highest BCUT2D eigenvalue weighted by molar-refractivity contribution is 7.80. The van der Waals surface area contributed by atoms with Gasteiger partial charge in [0.1, 0.15) is 4.99 Å². The van der Waals surface area contributed by atoms with E-state index in [-0.39, 0.29) is 10.6 Å². The molecule has 0 saturated heterocycles. The molecule has 2 aromatic rings. The third-order valence-electron chi connectivity index (χ3n) is 2.90. The third kappa shape index (κ3) is 2.53. The average molecular weight is 299 g/mol. The highest BCUT2D eigenvalue weighted by Crippen LogP contribution is 2.34. The lowest BCUT2D eigenvalue weighted by molar-refractivity contribution is -0.142. The Labute approximate surface area is 119 Å². The van der Waals surface area contributed by atoms with E-state index in [0.717, 1.165) is 16.4 Å². The Morgan fingerprint density at radius 3 is 2.55 bits per heavy atom. The number of halogens is 3. The van der Waals surface area contributed by atoms with Crippen LogP contribution in [0.4, 0.5) is 13.2 Å². The summed E-state index contributed by atoms with van der Waals surface area (Å²) in [6.45, 7) is 1.87. The molecule has 1 heterocycles. The van der Waals surface area contributed by atoms with Crippen LogP contribution >= 0.6 is 12.2 Å². The van der Waals surface area contributed by atoms with Crippen molar-refractivity contribution in [2.45, 2.75) is 19.5 Å². The molecule has 1 aromatic heterocycles. The molecule has 0 saturated carbocycles. The Balaban J connectivity index is 2.72. The van der Waals surface area contributed by atoms with Gasteiger partial charge in [-0.3, -0.25) is 0 Å². The van der Waals surface area contributed by atoms with Crippen molar-refractivity contribution in [3.8, 4) is 5.69 Å². The Bertz CT molecular complexity index is 647. The Morgan fingerprint density at radius 1 is 1.35 bits per heavy atom. The first kappa shape index (κ1) is 14.5. The van der Waals surface area contributed by atoms with Gasteiger partial charge in [0.2, 0.25) is 0 Å². The van der Waals surface area contributed by atoms with Gasteiger partial charge in [0, 0.05) is 0 Å². The lowest BCUT2D eigenvalue weighted by atomic mass is 10.1. The number of hydrogen-bond acceptors (Lipinski definition) is 2. The van der Waals surface area contributed by atoms with Gasteiger partial charge >= 0.3 is 6.18 Å². The summed E-state index contributed by atoms with van der Waals surface area (Å²) < 4.78 is 40.6. The third-order valence-corrected chi connectivity index (χ3v) is 3.12. The van der Waals surface area contributed by atoms with Crippen LogP contribution in [0, 0.1) is 0 Å². The van der Waals surface area contributed by atoms with Crippen LogP contribution in [0.3, 0.4) is 0 Å². The van der Waals surface area contributed by atoms with Gasteiger partial charge < -0.3 is 5.73 Å². The Morgan fingerprint density at radius 2 is 2.00 bits per heavy atom. The number of nitrogens with zero attached hydrogens (tertiary/aromatic N) is 2. The molecule has 0 aliphatic heterocycles. The van der Waals surface area contributed by atoms with Gasteiger partial charge in [-0.15, -0.1) is 0 Å². The highest BCUT2D eigenvalue weighted by atomic mass is 32.1. The zero-order valence-electron chi connectivity index (χ0n) is 10.6. The molecule has 0 atom stereocenters. The molecule has 7 heteroatoms. The fourth-order valence-electron chi connectivity index (χ4n) is 2.00. The molecule has 0 spiro atoms. The first-order valence-corrected chi connectivity index (χ1v) is 6.30. The molecule has 2 N–H and O–H groups in total. The molecule has 0 radical (unpaired) electrons. The van der Waals surface area contributed by atoms with Crippen LogP contribution in [0.1, 0.15) is 23.7 Å². The van der Waals surface area contributed by atoms with Gasteiger partial charge in [0.25, 0.3) is 0 Å². The summed E-state index contributed by atoms with van der Waals surface area (Å²) in [5.74, 6) is 0. The van der Waals surface area contributed by atoms with E-state index in [1.54, 1.807) is 24.3 Å². The van der Waals surface area contributed by atoms with E-state index in [0.29, 0.717) is 12.1 Å². The summed E-state index contributed by atoms with van der Waals surface area (Å²) in [5, 5.41) is 3.81. The number of benzene rings is 1. The Hall–Kier alpha value is -1.89. The molecule has 3 nitrogen and oxygen atoms in total. The number of thiocarbonyl (C=S) groups is 1. The van der Waals surface area contributed by atoms with Gasteiger partial charge in [-0.2, -0.15) is 18.3 Å². The normalized spacial score (nSPS) is 11.6. The molecule has 0 unspecified atom stereocenters. The lowest BCUT2D eigenvalue weighted by Gasteiger charge is -2.14. The predicted octanol–water partition coefficient (Wildman–Crippen LogP) is 3.09. The second-order valence-corrected chi connectivity index (χ2v) is 4.60. The first-order valence-electron chi connectivity index (χ1n) is 5.89. The minimum Gasteiger partial charge on any atom is -0.389 e. The first-order chi connectivity index (χ1) is 9.36. The van der Waals surface area contributed by atoms with Crippen LogP contribution in [-0.2, 0) is 12.6 Å². The maximum atomic E-state index is 13.2. The molecular formula is C13H12F3N3S. The molecule has 0 aliphatic carbocycles. The number of para-hydroxylation sites is 1. The maximum Gasteiger partial charge on any atom is 0.434 e. The van der Waals surface area contributed by atoms with Gasteiger partial charge in [-0.1, -0.05) is 37.3 Å². The monoisotopic (exact) mass is 299 g/mol. The van der Waals surface area contributed by atoms with E-state index in [2.05, 4.69) is 17.3 Å². The molecule has 0 fully saturated rings. The van der Waals surface area contributed by atoms with E-state index in [1.165, 1.54) is 0 Å². The number of rotatable bonds is 3. The van der Waals surface area contributed by atoms with Crippen molar-refractivity contribution in [3.63, 3.8) is 0 Å². The van der Waals surface area contributed by atoms with Crippen molar-refractivity contribution in [2.75, 3.05) is 0 Å². The molecule has 0 amide bonds. The maximum absolute atomic E-state index is 13.2. The van der Waals surface area contributed by atoms with Crippen molar-refractivity contribution in [1.82, 2.24) is 9.78 Å². The van der Waals surface area contributed by atoms with Crippen LogP contribution in [0.25, 0.3) is 5.69 Å².